The van der Waals surface area contributed by atoms with Crippen molar-refractivity contribution in [2.45, 2.75) is 293 Å². The summed E-state index contributed by atoms with van der Waals surface area (Å²) in [5.41, 5.74) is 0. The average molecular weight is 949 g/mol. The van der Waals surface area contributed by atoms with Gasteiger partial charge in [-0.1, -0.05) is 201 Å². The largest absolute Gasteiger partial charge is 0.423 e. The molecule has 0 aromatic heterocycles. The lowest BCUT2D eigenvalue weighted by atomic mass is 9.90. The van der Waals surface area contributed by atoms with Crippen molar-refractivity contribution in [3.05, 3.63) is 0 Å². The maximum absolute atomic E-state index is 13.4. The molecule has 10 atom stereocenters. The normalized spacial score (nSPS) is 27.8. The van der Waals surface area contributed by atoms with E-state index in [9.17, 15) is 45.3 Å². The van der Waals surface area contributed by atoms with Crippen LogP contribution in [-0.2, 0) is 38.0 Å². The first-order valence-electron chi connectivity index (χ1n) is 26.7. The number of hydrogen-bond acceptors (Lipinski definition) is 15. The summed E-state index contributed by atoms with van der Waals surface area (Å²) in [5, 5.41) is 76.6. The SMILES string of the molecule is CCCCCCCCCCCCCCCCCC(=O)O[C@@]1(O)[C@H](OCCC)O[C@H](CO[C@H]2O[C@H](CO)[C@H](O)[C@H](O)[C@H]2O)[C@H](O)[C@@]1(O)OC(=O)CCCCCCCCCCCCCCCCC. The molecular weight excluding hydrogens is 853 g/mol. The van der Waals surface area contributed by atoms with Gasteiger partial charge in [0.1, 0.15) is 30.5 Å². The lowest BCUT2D eigenvalue weighted by Gasteiger charge is -2.52. The molecule has 66 heavy (non-hydrogen) atoms. The van der Waals surface area contributed by atoms with E-state index in [0.717, 1.165) is 44.9 Å². The van der Waals surface area contributed by atoms with Crippen molar-refractivity contribution in [3.8, 4) is 0 Å². The van der Waals surface area contributed by atoms with Crippen LogP contribution in [0.5, 0.6) is 0 Å². The molecular formula is C51H96O15. The van der Waals surface area contributed by atoms with Gasteiger partial charge in [-0.2, -0.15) is 0 Å². The number of carbonyl (C=O) groups excluding carboxylic acids is 2. The van der Waals surface area contributed by atoms with E-state index in [-0.39, 0.29) is 19.4 Å². The van der Waals surface area contributed by atoms with Crippen LogP contribution < -0.4 is 0 Å². The van der Waals surface area contributed by atoms with Crippen LogP contribution in [0.3, 0.4) is 0 Å². The van der Waals surface area contributed by atoms with Gasteiger partial charge >= 0.3 is 23.5 Å². The van der Waals surface area contributed by atoms with Crippen LogP contribution in [0, 0.1) is 0 Å². The summed E-state index contributed by atoms with van der Waals surface area (Å²) in [6, 6.07) is 0. The second-order valence-electron chi connectivity index (χ2n) is 19.1. The molecule has 0 amide bonds. The van der Waals surface area contributed by atoms with Crippen molar-refractivity contribution in [1.29, 1.82) is 0 Å². The smallest absolute Gasteiger partial charge is 0.331 e. The first kappa shape index (κ1) is 60.6. The van der Waals surface area contributed by atoms with E-state index in [0.29, 0.717) is 25.7 Å². The Bertz CT molecular complexity index is 1210. The number of carbonyl (C=O) groups is 2. The zero-order valence-electron chi connectivity index (χ0n) is 41.5. The Morgan fingerprint density at radius 2 is 0.833 bits per heavy atom. The third-order valence-electron chi connectivity index (χ3n) is 13.1. The first-order valence-corrected chi connectivity index (χ1v) is 26.7. The molecule has 0 aromatic carbocycles. The molecule has 2 aliphatic heterocycles. The van der Waals surface area contributed by atoms with E-state index in [1.54, 1.807) is 6.92 Å². The summed E-state index contributed by atoms with van der Waals surface area (Å²) in [4.78, 5) is 26.8. The van der Waals surface area contributed by atoms with Gasteiger partial charge in [-0.25, -0.2) is 0 Å². The highest BCUT2D eigenvalue weighted by atomic mass is 16.8. The summed E-state index contributed by atoms with van der Waals surface area (Å²) in [6.45, 7) is 4.74. The minimum absolute atomic E-state index is 0.0664. The Hall–Kier alpha value is -1.50. The van der Waals surface area contributed by atoms with E-state index in [1.807, 2.05) is 0 Å². The summed E-state index contributed by atoms with van der Waals surface area (Å²) >= 11 is 0. The maximum atomic E-state index is 13.4. The third kappa shape index (κ3) is 22.5. The summed E-state index contributed by atoms with van der Waals surface area (Å²) < 4.78 is 33.7. The monoisotopic (exact) mass is 949 g/mol. The van der Waals surface area contributed by atoms with E-state index in [4.69, 9.17) is 28.4 Å². The quantitative estimate of drug-likeness (QED) is 0.0174. The number of ether oxygens (including phenoxy) is 6. The van der Waals surface area contributed by atoms with Crippen molar-refractivity contribution in [2.75, 3.05) is 19.8 Å². The Morgan fingerprint density at radius 3 is 1.21 bits per heavy atom. The topological polar surface area (TPSA) is 231 Å². The van der Waals surface area contributed by atoms with Crippen LogP contribution in [0.25, 0.3) is 0 Å². The molecule has 0 spiro atoms. The highest BCUT2D eigenvalue weighted by molar-refractivity contribution is 5.71. The number of esters is 2. The molecule has 0 saturated carbocycles. The lowest BCUT2D eigenvalue weighted by molar-refractivity contribution is -0.481. The van der Waals surface area contributed by atoms with E-state index in [1.165, 1.54) is 128 Å². The molecule has 0 aromatic rings. The van der Waals surface area contributed by atoms with Crippen molar-refractivity contribution >= 4 is 11.9 Å². The molecule has 0 aliphatic carbocycles. The van der Waals surface area contributed by atoms with E-state index in [2.05, 4.69) is 13.8 Å². The van der Waals surface area contributed by atoms with E-state index >= 15 is 0 Å². The number of hydrogen-bond donors (Lipinski definition) is 7. The zero-order valence-corrected chi connectivity index (χ0v) is 41.5. The molecule has 7 N–H and O–H groups in total. The standard InChI is InChI=1S/C51H96O15/c1-4-7-9-11-13-15-17-19-21-23-25-27-29-31-33-35-42(53)65-50(59)47(58)41(39-62-48-46(57)45(56)44(55)40(38-52)63-48)64-49(61-37-6-3)51(50,60)66-43(54)36-34-32-30-28-26-24-22-20-18-16-14-12-10-8-5-2/h40-41,44-49,52,55-60H,4-39H2,1-3H3/t40-,41-,44+,45+,46-,47+,48+,49-,50-,51+/m1/s1. The predicted molar refractivity (Wildman–Crippen MR) is 252 cm³/mol. The van der Waals surface area contributed by atoms with Crippen LogP contribution >= 0.6 is 0 Å². The van der Waals surface area contributed by atoms with E-state index < -0.39 is 85.9 Å². The average Bonchev–Trinajstić information content (AvgIpc) is 3.30. The van der Waals surface area contributed by atoms with Crippen LogP contribution in [0.15, 0.2) is 0 Å². The minimum Gasteiger partial charge on any atom is -0.423 e. The minimum atomic E-state index is -3.32. The van der Waals surface area contributed by atoms with Crippen molar-refractivity contribution in [1.82, 2.24) is 0 Å². The highest BCUT2D eigenvalue weighted by Gasteiger charge is 2.72. The van der Waals surface area contributed by atoms with Gasteiger partial charge < -0.3 is 64.2 Å². The van der Waals surface area contributed by atoms with Crippen molar-refractivity contribution in [2.24, 2.45) is 0 Å². The fourth-order valence-electron chi connectivity index (χ4n) is 8.85. The number of aliphatic hydroxyl groups excluding tert-OH is 5. The number of unbranched alkanes of at least 4 members (excludes halogenated alkanes) is 28. The predicted octanol–water partition coefficient (Wildman–Crippen LogP) is 8.30. The molecule has 15 nitrogen and oxygen atoms in total. The lowest BCUT2D eigenvalue weighted by Crippen LogP contribution is -2.77. The molecule has 15 heteroatoms. The molecule has 390 valence electrons. The van der Waals surface area contributed by atoms with Gasteiger partial charge in [-0.15, -0.1) is 0 Å². The van der Waals surface area contributed by atoms with Crippen molar-refractivity contribution < 1.29 is 73.8 Å². The second kappa shape index (κ2) is 36.4. The maximum Gasteiger partial charge on any atom is 0.331 e. The zero-order chi connectivity index (χ0) is 48.5. The van der Waals surface area contributed by atoms with Crippen LogP contribution in [0.4, 0.5) is 0 Å². The molecule has 2 fully saturated rings. The van der Waals surface area contributed by atoms with Gasteiger partial charge in [-0.3, -0.25) is 9.59 Å². The van der Waals surface area contributed by atoms with Crippen molar-refractivity contribution in [3.63, 3.8) is 0 Å². The van der Waals surface area contributed by atoms with Gasteiger partial charge in [0.05, 0.1) is 13.2 Å². The Morgan fingerprint density at radius 1 is 0.455 bits per heavy atom. The fraction of sp³-hybridized carbons (Fsp3) is 0.961. The molecule has 2 aliphatic rings. The molecule has 2 rings (SSSR count). The van der Waals surface area contributed by atoms with Crippen LogP contribution in [0.2, 0.25) is 0 Å². The number of rotatable bonds is 41. The fourth-order valence-corrected chi connectivity index (χ4v) is 8.85. The molecule has 0 bridgehead atoms. The summed E-state index contributed by atoms with van der Waals surface area (Å²) in [7, 11) is 0. The van der Waals surface area contributed by atoms with Crippen LogP contribution in [-0.4, -0.2) is 128 Å². The Labute approximate surface area is 398 Å². The van der Waals surface area contributed by atoms with Gasteiger partial charge in [0.15, 0.2) is 12.4 Å². The Balaban J connectivity index is 1.99. The van der Waals surface area contributed by atoms with Gasteiger partial charge in [-0.05, 0) is 19.3 Å². The van der Waals surface area contributed by atoms with Gasteiger partial charge in [0.25, 0.3) is 0 Å². The Kier molecular flexibility index (Phi) is 33.5. The third-order valence-corrected chi connectivity index (χ3v) is 13.1. The first-order chi connectivity index (χ1) is 31.9. The number of aliphatic hydroxyl groups is 7. The van der Waals surface area contributed by atoms with Crippen LogP contribution in [0.1, 0.15) is 233 Å². The molecule has 0 radical (unpaired) electrons. The molecule has 2 saturated heterocycles. The van der Waals surface area contributed by atoms with Gasteiger partial charge in [0, 0.05) is 19.4 Å². The highest BCUT2D eigenvalue weighted by Crippen LogP contribution is 2.42. The summed E-state index contributed by atoms with van der Waals surface area (Å²) in [5.74, 6) is -8.43. The molecule has 0 unspecified atom stereocenters. The summed E-state index contributed by atoms with van der Waals surface area (Å²) in [6.07, 6.45) is 20.1. The van der Waals surface area contributed by atoms with Gasteiger partial charge in [0.2, 0.25) is 6.29 Å². The second-order valence-corrected chi connectivity index (χ2v) is 19.1. The molecule has 2 heterocycles.